The highest BCUT2D eigenvalue weighted by Crippen LogP contribution is 2.27. The third-order valence-corrected chi connectivity index (χ3v) is 2.38. The number of carbonyl (C=O) groups is 5. The normalized spacial score (nSPS) is 16.7. The smallest absolute Gasteiger partial charge is 0.357 e. The van der Waals surface area contributed by atoms with Crippen molar-refractivity contribution in [1.29, 1.82) is 0 Å². The average Bonchev–Trinajstić information content (AvgIpc) is 2.24. The van der Waals surface area contributed by atoms with Gasteiger partial charge in [0.15, 0.2) is 11.6 Å². The second kappa shape index (κ2) is 5.24. The van der Waals surface area contributed by atoms with Crippen molar-refractivity contribution in [3.8, 4) is 0 Å². The highest BCUT2D eigenvalue weighted by molar-refractivity contribution is 6.21. The van der Waals surface area contributed by atoms with Gasteiger partial charge >= 0.3 is 17.9 Å². The Bertz CT molecular complexity index is 450. The van der Waals surface area contributed by atoms with Crippen LogP contribution in [0.2, 0.25) is 0 Å². The van der Waals surface area contributed by atoms with Crippen LogP contribution in [-0.4, -0.2) is 56.0 Å². The summed E-state index contributed by atoms with van der Waals surface area (Å²) in [6, 6.07) is 0. The number of rotatable bonds is 5. The first-order valence-electron chi connectivity index (χ1n) is 4.85. The zero-order valence-corrected chi connectivity index (χ0v) is 10.3. The standard InChI is InChI=1S/C10H12O9/c1-4(11)9(17,7(14)15)10(18,5(2)12)8(16)19-6(3)13/h17-18H,1-3H3,(H,14,15). The number of Topliss-reactive ketones (excluding diaryl/α,β-unsaturated/α-hetero) is 2. The minimum Gasteiger partial charge on any atom is -0.479 e. The highest BCUT2D eigenvalue weighted by Gasteiger charge is 2.68. The third-order valence-electron chi connectivity index (χ3n) is 2.38. The number of aliphatic carboxylic acids is 1. The first kappa shape index (κ1) is 16.9. The molecule has 3 N–H and O–H groups in total. The van der Waals surface area contributed by atoms with Gasteiger partial charge in [-0.05, 0) is 13.8 Å². The van der Waals surface area contributed by atoms with Crippen LogP contribution in [0.25, 0.3) is 0 Å². The molecule has 0 heterocycles. The molecule has 0 spiro atoms. The summed E-state index contributed by atoms with van der Waals surface area (Å²) < 4.78 is 3.90. The van der Waals surface area contributed by atoms with Crippen LogP contribution in [0.4, 0.5) is 0 Å². The molecule has 9 heteroatoms. The summed E-state index contributed by atoms with van der Waals surface area (Å²) in [6.45, 7) is 1.84. The Balaban J connectivity index is 6.10. The van der Waals surface area contributed by atoms with Gasteiger partial charge in [-0.1, -0.05) is 0 Å². The molecule has 2 unspecified atom stereocenters. The summed E-state index contributed by atoms with van der Waals surface area (Å²) in [4.78, 5) is 55.5. The summed E-state index contributed by atoms with van der Waals surface area (Å²) >= 11 is 0. The molecule has 0 aliphatic carbocycles. The van der Waals surface area contributed by atoms with Gasteiger partial charge in [0.25, 0.3) is 11.2 Å². The quantitative estimate of drug-likeness (QED) is 0.374. The molecule has 0 radical (unpaired) electrons. The number of hydrogen-bond donors (Lipinski definition) is 3. The first-order chi connectivity index (χ1) is 8.42. The maximum atomic E-state index is 11.5. The van der Waals surface area contributed by atoms with Crippen LogP contribution in [0.5, 0.6) is 0 Å². The van der Waals surface area contributed by atoms with E-state index in [0.29, 0.717) is 13.8 Å². The Morgan fingerprint density at radius 1 is 0.842 bits per heavy atom. The predicted octanol–water partition coefficient (Wildman–Crippen LogP) is -2.20. The van der Waals surface area contributed by atoms with Crippen LogP contribution < -0.4 is 0 Å². The topological polar surface area (TPSA) is 155 Å². The fourth-order valence-corrected chi connectivity index (χ4v) is 1.31. The summed E-state index contributed by atoms with van der Waals surface area (Å²) in [7, 11) is 0. The predicted molar refractivity (Wildman–Crippen MR) is 55.7 cm³/mol. The number of ether oxygens (including phenoxy) is 1. The molecular formula is C10H12O9. The van der Waals surface area contributed by atoms with Crippen molar-refractivity contribution in [3.63, 3.8) is 0 Å². The number of esters is 2. The Morgan fingerprint density at radius 2 is 1.21 bits per heavy atom. The number of carboxylic acid groups (broad SMARTS) is 1. The molecule has 0 aromatic rings. The molecule has 2 atom stereocenters. The molecule has 0 aromatic carbocycles. The average molecular weight is 276 g/mol. The monoisotopic (exact) mass is 276 g/mol. The van der Waals surface area contributed by atoms with Crippen molar-refractivity contribution in [2.75, 3.05) is 0 Å². The number of carbonyl (C=O) groups excluding carboxylic acids is 4. The lowest BCUT2D eigenvalue weighted by Crippen LogP contribution is -2.71. The fourth-order valence-electron chi connectivity index (χ4n) is 1.31. The van der Waals surface area contributed by atoms with Gasteiger partial charge < -0.3 is 20.1 Å². The number of hydrogen-bond acceptors (Lipinski definition) is 8. The summed E-state index contributed by atoms with van der Waals surface area (Å²) in [6.07, 6.45) is 0. The largest absolute Gasteiger partial charge is 0.479 e. The van der Waals surface area contributed by atoms with Crippen molar-refractivity contribution in [2.24, 2.45) is 0 Å². The van der Waals surface area contributed by atoms with Crippen LogP contribution in [0, 0.1) is 0 Å². The van der Waals surface area contributed by atoms with E-state index >= 15 is 0 Å². The van der Waals surface area contributed by atoms with Gasteiger partial charge in [0.05, 0.1) is 0 Å². The molecule has 0 saturated carbocycles. The van der Waals surface area contributed by atoms with Gasteiger partial charge in [-0.15, -0.1) is 0 Å². The van der Waals surface area contributed by atoms with E-state index in [1.807, 2.05) is 0 Å². The number of ketones is 2. The minimum atomic E-state index is -3.76. The Kier molecular flexibility index (Phi) is 4.66. The van der Waals surface area contributed by atoms with E-state index in [1.165, 1.54) is 0 Å². The van der Waals surface area contributed by atoms with Crippen molar-refractivity contribution in [3.05, 3.63) is 0 Å². The van der Waals surface area contributed by atoms with E-state index in [2.05, 4.69) is 4.74 Å². The molecule has 19 heavy (non-hydrogen) atoms. The number of aliphatic hydroxyl groups is 2. The lowest BCUT2D eigenvalue weighted by atomic mass is 9.77. The van der Waals surface area contributed by atoms with Crippen LogP contribution >= 0.6 is 0 Å². The van der Waals surface area contributed by atoms with Gasteiger partial charge in [0.2, 0.25) is 0 Å². The minimum absolute atomic E-state index is 0.545. The van der Waals surface area contributed by atoms with Gasteiger partial charge in [0.1, 0.15) is 0 Å². The van der Waals surface area contributed by atoms with Crippen molar-refractivity contribution in [1.82, 2.24) is 0 Å². The molecule has 0 aromatic heterocycles. The molecule has 0 rings (SSSR count). The third kappa shape index (κ3) is 2.51. The van der Waals surface area contributed by atoms with Crippen molar-refractivity contribution >= 4 is 29.5 Å². The van der Waals surface area contributed by atoms with Gasteiger partial charge in [-0.25, -0.2) is 9.59 Å². The molecule has 0 fully saturated rings. The zero-order chi connectivity index (χ0) is 15.6. The molecule has 0 saturated heterocycles. The molecular weight excluding hydrogens is 264 g/mol. The maximum Gasteiger partial charge on any atom is 0.357 e. The van der Waals surface area contributed by atoms with E-state index in [0.717, 1.165) is 6.92 Å². The molecule has 0 bridgehead atoms. The molecule has 0 aliphatic rings. The molecule has 106 valence electrons. The van der Waals surface area contributed by atoms with Crippen LogP contribution in [0.15, 0.2) is 0 Å². The summed E-state index contributed by atoms with van der Waals surface area (Å²) in [5, 5.41) is 28.3. The molecule has 9 nitrogen and oxygen atoms in total. The van der Waals surface area contributed by atoms with Crippen molar-refractivity contribution in [2.45, 2.75) is 32.0 Å². The Morgan fingerprint density at radius 3 is 1.42 bits per heavy atom. The van der Waals surface area contributed by atoms with Gasteiger partial charge in [-0.2, -0.15) is 0 Å². The second-order valence-corrected chi connectivity index (χ2v) is 3.72. The van der Waals surface area contributed by atoms with E-state index < -0.39 is 40.7 Å². The number of carboxylic acids is 1. The molecule has 0 aliphatic heterocycles. The van der Waals surface area contributed by atoms with Crippen molar-refractivity contribution < 1.29 is 44.0 Å². The fraction of sp³-hybridized carbons (Fsp3) is 0.500. The van der Waals surface area contributed by atoms with Crippen LogP contribution in [-0.2, 0) is 28.7 Å². The van der Waals surface area contributed by atoms with E-state index in [-0.39, 0.29) is 0 Å². The summed E-state index contributed by atoms with van der Waals surface area (Å²) in [5.74, 6) is -8.80. The van der Waals surface area contributed by atoms with Crippen LogP contribution in [0.3, 0.4) is 0 Å². The first-order valence-corrected chi connectivity index (χ1v) is 4.85. The van der Waals surface area contributed by atoms with E-state index in [9.17, 15) is 34.2 Å². The lowest BCUT2D eigenvalue weighted by Gasteiger charge is -2.33. The SMILES string of the molecule is CC(=O)OC(=O)C(O)(C(C)=O)C(O)(C(C)=O)C(=O)O. The lowest BCUT2D eigenvalue weighted by molar-refractivity contribution is -0.209. The van der Waals surface area contributed by atoms with Crippen LogP contribution in [0.1, 0.15) is 20.8 Å². The van der Waals surface area contributed by atoms with E-state index in [1.54, 1.807) is 0 Å². The van der Waals surface area contributed by atoms with E-state index in [4.69, 9.17) is 5.11 Å². The Labute approximate surface area is 106 Å². The molecule has 0 amide bonds. The van der Waals surface area contributed by atoms with Gasteiger partial charge in [0, 0.05) is 6.92 Å². The zero-order valence-electron chi connectivity index (χ0n) is 10.3. The van der Waals surface area contributed by atoms with Gasteiger partial charge in [-0.3, -0.25) is 14.4 Å². The Hall–Kier alpha value is -2.13. The highest BCUT2D eigenvalue weighted by atomic mass is 16.6. The summed E-state index contributed by atoms with van der Waals surface area (Å²) in [5.41, 5.74) is -7.48. The maximum absolute atomic E-state index is 11.5. The second-order valence-electron chi connectivity index (χ2n) is 3.72.